The molecule has 0 amide bonds. The topological polar surface area (TPSA) is 66.0 Å². The van der Waals surface area contributed by atoms with Crippen LogP contribution < -0.4 is 0 Å². The summed E-state index contributed by atoms with van der Waals surface area (Å²) in [6.45, 7) is -0.329. The molecule has 0 aliphatic carbocycles. The number of hydrogen-bond donors (Lipinski definition) is 2. The lowest BCUT2D eigenvalue weighted by Gasteiger charge is -1.92. The minimum absolute atomic E-state index is 0.130. The van der Waals surface area contributed by atoms with Crippen molar-refractivity contribution in [2.24, 2.45) is 5.16 Å². The Hall–Kier alpha value is -1.29. The first kappa shape index (κ1) is 6.82. The van der Waals surface area contributed by atoms with Crippen LogP contribution in [0.4, 0.5) is 0 Å². The van der Waals surface area contributed by atoms with E-state index < -0.39 is 0 Å². The van der Waals surface area contributed by atoms with E-state index in [0.29, 0.717) is 5.76 Å². The molecule has 1 heterocycles. The molecule has 10 heavy (non-hydrogen) atoms. The summed E-state index contributed by atoms with van der Waals surface area (Å²) in [6, 6.07) is 3.25. The van der Waals surface area contributed by atoms with Crippen molar-refractivity contribution >= 4 is 5.71 Å². The number of nitrogens with zero attached hydrogens (tertiary/aromatic N) is 1. The summed E-state index contributed by atoms with van der Waals surface area (Å²) < 4.78 is 4.83. The van der Waals surface area contributed by atoms with E-state index in [2.05, 4.69) is 5.16 Å². The quantitative estimate of drug-likeness (QED) is 0.357. The maximum absolute atomic E-state index is 8.55. The first-order valence-corrected chi connectivity index (χ1v) is 2.74. The monoisotopic (exact) mass is 141 g/mol. The smallest absolute Gasteiger partial charge is 0.153 e. The number of aliphatic hydroxyl groups excluding tert-OH is 1. The molecule has 0 aliphatic rings. The van der Waals surface area contributed by atoms with E-state index in [1.165, 1.54) is 6.26 Å². The molecule has 0 bridgehead atoms. The molecular weight excluding hydrogens is 134 g/mol. The molecule has 0 saturated carbocycles. The van der Waals surface area contributed by atoms with E-state index >= 15 is 0 Å². The predicted octanol–water partition coefficient (Wildman–Crippen LogP) is 0.450. The summed E-state index contributed by atoms with van der Waals surface area (Å²) in [5.74, 6) is 0.380. The Balaban J connectivity index is 2.85. The van der Waals surface area contributed by atoms with Gasteiger partial charge in [0, 0.05) is 0 Å². The Morgan fingerprint density at radius 3 is 2.90 bits per heavy atom. The van der Waals surface area contributed by atoms with Crippen molar-refractivity contribution in [1.29, 1.82) is 0 Å². The highest BCUT2D eigenvalue weighted by Gasteiger charge is 2.03. The van der Waals surface area contributed by atoms with E-state index in [1.54, 1.807) is 12.1 Å². The molecule has 4 nitrogen and oxygen atoms in total. The molecule has 0 atom stereocenters. The highest BCUT2D eigenvalue weighted by atomic mass is 16.4. The second-order valence-electron chi connectivity index (χ2n) is 1.68. The Bertz CT molecular complexity index is 215. The molecule has 1 rings (SSSR count). The molecular formula is C6H7NO3. The lowest BCUT2D eigenvalue weighted by atomic mass is 10.3. The zero-order valence-electron chi connectivity index (χ0n) is 5.19. The van der Waals surface area contributed by atoms with Crippen molar-refractivity contribution in [2.45, 2.75) is 0 Å². The Morgan fingerprint density at radius 2 is 2.50 bits per heavy atom. The van der Waals surface area contributed by atoms with Crippen LogP contribution in [0.5, 0.6) is 0 Å². The van der Waals surface area contributed by atoms with Gasteiger partial charge in [0.05, 0.1) is 12.9 Å². The number of hydrogen-bond acceptors (Lipinski definition) is 4. The number of oxime groups is 1. The lowest BCUT2D eigenvalue weighted by molar-refractivity contribution is 0.301. The summed E-state index contributed by atoms with van der Waals surface area (Å²) in [4.78, 5) is 0. The van der Waals surface area contributed by atoms with Crippen LogP contribution in [0.2, 0.25) is 0 Å². The molecule has 0 aliphatic heterocycles. The van der Waals surface area contributed by atoms with Crippen molar-refractivity contribution in [3.05, 3.63) is 24.2 Å². The number of furan rings is 1. The van der Waals surface area contributed by atoms with Gasteiger partial charge in [0.25, 0.3) is 0 Å². The molecule has 0 aromatic carbocycles. The van der Waals surface area contributed by atoms with E-state index in [9.17, 15) is 0 Å². The van der Waals surface area contributed by atoms with Crippen LogP contribution in [0.25, 0.3) is 0 Å². The second-order valence-corrected chi connectivity index (χ2v) is 1.68. The normalized spacial score (nSPS) is 11.9. The lowest BCUT2D eigenvalue weighted by Crippen LogP contribution is -2.04. The molecule has 54 valence electrons. The molecule has 0 radical (unpaired) electrons. The third-order valence-electron chi connectivity index (χ3n) is 1.08. The van der Waals surface area contributed by atoms with Gasteiger partial charge in [0.15, 0.2) is 5.76 Å². The van der Waals surface area contributed by atoms with Crippen LogP contribution in [-0.4, -0.2) is 22.6 Å². The van der Waals surface area contributed by atoms with Gasteiger partial charge in [-0.25, -0.2) is 0 Å². The molecule has 1 aromatic heterocycles. The molecule has 4 heteroatoms. The van der Waals surface area contributed by atoms with E-state index in [1.807, 2.05) is 0 Å². The largest absolute Gasteiger partial charge is 0.463 e. The number of aliphatic hydroxyl groups is 1. The summed E-state index contributed by atoms with van der Waals surface area (Å²) in [5, 5.41) is 19.6. The highest BCUT2D eigenvalue weighted by Crippen LogP contribution is 2.00. The van der Waals surface area contributed by atoms with Crippen molar-refractivity contribution in [2.75, 3.05) is 6.61 Å². The molecule has 1 aromatic rings. The summed E-state index contributed by atoms with van der Waals surface area (Å²) >= 11 is 0. The minimum Gasteiger partial charge on any atom is -0.463 e. The van der Waals surface area contributed by atoms with Gasteiger partial charge >= 0.3 is 0 Å². The van der Waals surface area contributed by atoms with E-state index in [-0.39, 0.29) is 12.3 Å². The summed E-state index contributed by atoms with van der Waals surface area (Å²) in [5.41, 5.74) is 0.130. The third-order valence-corrected chi connectivity index (χ3v) is 1.08. The van der Waals surface area contributed by atoms with Gasteiger partial charge in [-0.3, -0.25) is 0 Å². The van der Waals surface area contributed by atoms with Gasteiger partial charge in [0.1, 0.15) is 5.71 Å². The Labute approximate surface area is 57.4 Å². The van der Waals surface area contributed by atoms with Gasteiger partial charge in [-0.2, -0.15) is 0 Å². The summed E-state index contributed by atoms with van der Waals surface area (Å²) in [6.07, 6.45) is 1.44. The van der Waals surface area contributed by atoms with Crippen molar-refractivity contribution in [3.8, 4) is 0 Å². The SMILES string of the molecule is OC/C(=N\O)c1ccco1. The van der Waals surface area contributed by atoms with E-state index in [0.717, 1.165) is 0 Å². The van der Waals surface area contributed by atoms with Crippen molar-refractivity contribution in [3.63, 3.8) is 0 Å². The fourth-order valence-corrected chi connectivity index (χ4v) is 0.602. The van der Waals surface area contributed by atoms with Crippen LogP contribution in [0, 0.1) is 0 Å². The fourth-order valence-electron chi connectivity index (χ4n) is 0.602. The zero-order valence-corrected chi connectivity index (χ0v) is 5.19. The fraction of sp³-hybridized carbons (Fsp3) is 0.167. The standard InChI is InChI=1S/C6H7NO3/c8-4-5(7-9)6-2-1-3-10-6/h1-3,8-9H,4H2/b7-5+. The third kappa shape index (κ3) is 1.16. The predicted molar refractivity (Wildman–Crippen MR) is 34.1 cm³/mol. The van der Waals surface area contributed by atoms with Crippen molar-refractivity contribution < 1.29 is 14.7 Å². The minimum atomic E-state index is -0.329. The van der Waals surface area contributed by atoms with Crippen LogP contribution in [0.3, 0.4) is 0 Å². The average Bonchev–Trinajstić information content (AvgIpc) is 2.43. The van der Waals surface area contributed by atoms with Gasteiger partial charge in [-0.1, -0.05) is 5.16 Å². The first-order valence-electron chi connectivity index (χ1n) is 2.74. The highest BCUT2D eigenvalue weighted by molar-refractivity contribution is 5.98. The molecule has 0 saturated heterocycles. The average molecular weight is 141 g/mol. The van der Waals surface area contributed by atoms with Gasteiger partial charge in [0.2, 0.25) is 0 Å². The maximum Gasteiger partial charge on any atom is 0.153 e. The van der Waals surface area contributed by atoms with Crippen LogP contribution in [0.15, 0.2) is 28.0 Å². The molecule has 2 N–H and O–H groups in total. The Morgan fingerprint density at radius 1 is 1.70 bits per heavy atom. The van der Waals surface area contributed by atoms with Crippen LogP contribution >= 0.6 is 0 Å². The molecule has 0 unspecified atom stereocenters. The molecule has 0 spiro atoms. The zero-order chi connectivity index (χ0) is 7.40. The van der Waals surface area contributed by atoms with Crippen molar-refractivity contribution in [1.82, 2.24) is 0 Å². The summed E-state index contributed by atoms with van der Waals surface area (Å²) in [7, 11) is 0. The molecule has 0 fully saturated rings. The van der Waals surface area contributed by atoms with Gasteiger partial charge < -0.3 is 14.7 Å². The van der Waals surface area contributed by atoms with Gasteiger partial charge in [-0.15, -0.1) is 0 Å². The van der Waals surface area contributed by atoms with Crippen LogP contribution in [0.1, 0.15) is 5.76 Å². The maximum atomic E-state index is 8.55. The van der Waals surface area contributed by atoms with Gasteiger partial charge in [-0.05, 0) is 12.1 Å². The second kappa shape index (κ2) is 3.03. The Kier molecular flexibility index (Phi) is 2.07. The van der Waals surface area contributed by atoms with Crippen LogP contribution in [-0.2, 0) is 0 Å². The van der Waals surface area contributed by atoms with E-state index in [4.69, 9.17) is 14.7 Å². The first-order chi connectivity index (χ1) is 4.88. The number of rotatable bonds is 2.